The molecule has 22 fully saturated rings. The van der Waals surface area contributed by atoms with Crippen LogP contribution in [0.2, 0.25) is 0 Å². The minimum absolute atomic E-state index is 0.359. The van der Waals surface area contributed by atoms with Crippen molar-refractivity contribution in [2.75, 3.05) is 39.6 Å². The monoisotopic (exact) mass is 1980 g/mol. The lowest BCUT2D eigenvalue weighted by Crippen LogP contribution is -2.71. The largest absolute Gasteiger partial charge is 0.463 e. The van der Waals surface area contributed by atoms with Crippen LogP contribution in [0.15, 0.2) is 0 Å². The Morgan fingerprint density at radius 3 is 0.326 bits per heavy atom. The van der Waals surface area contributed by atoms with Gasteiger partial charge in [0.2, 0.25) is 0 Å². The van der Waals surface area contributed by atoms with E-state index in [1.807, 2.05) is 0 Å². The summed E-state index contributed by atoms with van der Waals surface area (Å²) >= 11 is 0. The van der Waals surface area contributed by atoms with Crippen molar-refractivity contribution < 1.29 is 228 Å². The highest BCUT2D eigenvalue weighted by atomic mass is 16.8. The third-order valence-corrected chi connectivity index (χ3v) is 22.2. The molecule has 22 heterocycles. The SMILES string of the molecule is CCC(=O)OCC1OC2OC3C(COC(=O)CC)OC(OC4C(COC(=O)CC)OC(OC5C(COC(=O)CC)OC(OC6C(COC(=O)CC)OC(OC7C(COC(=O)CC)OC(OC1C(OC(=O)CC)C2OC(=O)CC)C(OC(=O)CC)C7OC(=O)CC)C(OC(=O)CC)C6OC(=O)CC)C(OC(=O)CC)C5OC(=O)CC)C(OC(=O)CC)C4OC(=O)CC)C(OC(=O)CC)C3OC(=O)CC. The van der Waals surface area contributed by atoms with Crippen molar-refractivity contribution in [3.63, 3.8) is 0 Å². The minimum atomic E-state index is -2.39. The van der Waals surface area contributed by atoms with Gasteiger partial charge in [0.15, 0.2) is 111 Å². The molecule has 0 N–H and O–H groups in total. The third kappa shape index (κ3) is 32.0. The zero-order valence-electron chi connectivity index (χ0n) is 80.9. The maximum Gasteiger partial charge on any atom is 0.306 e. The summed E-state index contributed by atoms with van der Waals surface area (Å²) in [5.74, 6) is -19.5. The Bertz CT molecular complexity index is 3430. The van der Waals surface area contributed by atoms with Gasteiger partial charge in [0.05, 0.1) is 0 Å². The number of rotatable bonds is 42. The van der Waals surface area contributed by atoms with E-state index in [0.717, 1.165) is 0 Å². The van der Waals surface area contributed by atoms with Crippen LogP contribution in [0, 0.1) is 0 Å². The van der Waals surface area contributed by atoms with Gasteiger partial charge in [-0.15, -0.1) is 0 Å². The molecule has 0 aliphatic carbocycles. The highest BCUT2D eigenvalue weighted by molar-refractivity contribution is 5.76. The summed E-state index contributed by atoms with van der Waals surface area (Å²) in [6.45, 7) is 18.2. The molecule has 780 valence electrons. The van der Waals surface area contributed by atoms with E-state index in [-0.39, 0.29) is 38.5 Å². The van der Waals surface area contributed by atoms with E-state index in [9.17, 15) is 86.3 Å². The highest BCUT2D eigenvalue weighted by Gasteiger charge is 2.66. The molecule has 22 saturated heterocycles. The maximum absolute atomic E-state index is 14.6. The normalized spacial score (nSPS) is 31.7. The quantitative estimate of drug-likeness (QED) is 0.0609. The lowest BCUT2D eigenvalue weighted by molar-refractivity contribution is -0.404. The molecule has 0 amide bonds. The molecule has 22 aliphatic rings. The molecule has 22 rings (SSSR count). The Morgan fingerprint density at radius 2 is 0.232 bits per heavy atom. The molecule has 0 radical (unpaired) electrons. The van der Waals surface area contributed by atoms with E-state index in [2.05, 4.69) is 0 Å². The first kappa shape index (κ1) is 115. The fraction of sp³-hybridized carbons (Fsp3) is 0.800. The van der Waals surface area contributed by atoms with Crippen LogP contribution in [0.1, 0.15) is 240 Å². The zero-order valence-corrected chi connectivity index (χ0v) is 80.9. The summed E-state index contributed by atoms with van der Waals surface area (Å²) in [4.78, 5) is 257. The van der Waals surface area contributed by atoms with Crippen molar-refractivity contribution >= 4 is 107 Å². The summed E-state index contributed by atoms with van der Waals surface area (Å²) in [6.07, 6.45) is -75.8. The van der Waals surface area contributed by atoms with Crippen molar-refractivity contribution in [1.82, 2.24) is 0 Å². The maximum atomic E-state index is 14.6. The molecule has 0 saturated carbocycles. The summed E-state index contributed by atoms with van der Waals surface area (Å²) < 4.78 is 193. The van der Waals surface area contributed by atoms with Crippen LogP contribution < -0.4 is 0 Å². The van der Waals surface area contributed by atoms with Crippen molar-refractivity contribution in [2.45, 2.75) is 424 Å². The molecule has 0 aromatic rings. The molecule has 0 aromatic heterocycles. The zero-order chi connectivity index (χ0) is 102. The second kappa shape index (κ2) is 57.0. The van der Waals surface area contributed by atoms with Crippen LogP contribution in [0.4, 0.5) is 0 Å². The number of ether oxygens (including phenoxy) is 30. The van der Waals surface area contributed by atoms with Crippen LogP contribution in [-0.4, -0.2) is 331 Å². The second-order valence-electron chi connectivity index (χ2n) is 31.8. The van der Waals surface area contributed by atoms with Gasteiger partial charge in [0, 0.05) is 116 Å². The number of hydrogen-bond donors (Lipinski definition) is 0. The van der Waals surface area contributed by atoms with Crippen LogP contribution in [0.25, 0.3) is 0 Å². The van der Waals surface area contributed by atoms with Crippen LogP contribution in [0.5, 0.6) is 0 Å². The molecule has 48 nitrogen and oxygen atoms in total. The van der Waals surface area contributed by atoms with Gasteiger partial charge < -0.3 is 142 Å². The first-order valence-corrected chi connectivity index (χ1v) is 47.1. The molecule has 48 heteroatoms. The van der Waals surface area contributed by atoms with Crippen molar-refractivity contribution in [2.24, 2.45) is 0 Å². The predicted molar refractivity (Wildman–Crippen MR) is 451 cm³/mol. The molecule has 0 aromatic carbocycles. The molecule has 0 spiro atoms. The topological polar surface area (TPSA) is 584 Å². The Kier molecular flexibility index (Phi) is 47.5. The van der Waals surface area contributed by atoms with Gasteiger partial charge in [-0.05, 0) is 0 Å². The Balaban J connectivity index is 1.75. The third-order valence-electron chi connectivity index (χ3n) is 22.2. The van der Waals surface area contributed by atoms with E-state index in [4.69, 9.17) is 142 Å². The van der Waals surface area contributed by atoms with Crippen molar-refractivity contribution in [1.29, 1.82) is 0 Å². The smallest absolute Gasteiger partial charge is 0.306 e. The fourth-order valence-corrected chi connectivity index (χ4v) is 14.7. The van der Waals surface area contributed by atoms with Gasteiger partial charge in [0.25, 0.3) is 0 Å². The fourth-order valence-electron chi connectivity index (χ4n) is 14.7. The molecule has 138 heavy (non-hydrogen) atoms. The standard InChI is InChI=1S/C90H132O48/c1-19-49(91)109-37-43-67-73(121-55(97)25-7)79(127-61(103)31-13)85(115-43)134-68-44(38-110-50(92)20-2)117-87(81(129-63(105)33-15)74(68)122-56(98)26-8)136-70-46(40-112-52(94)22-4)119-89(83(131-65(107)35-17)76(70)124-58(100)28-10)138-72-48(42-114-54(96)24-6)120-90(84(132-66(108)36-18)78(72)126-60(102)30-12)137-71-47(41-113-53(95)23-5)118-88(82(130-64(106)34-16)77(71)125-59(101)29-11)135-69-45(39-111-51(93)21-3)116-86(133-67)80(128-62(104)32-14)75(69)123-57(99)27-9/h43-48,67-90H,19-42H2,1-18H3. The van der Waals surface area contributed by atoms with Crippen molar-refractivity contribution in [3.8, 4) is 0 Å². The average Bonchev–Trinajstić information content (AvgIpc) is 0.767. The molecule has 22 aliphatic heterocycles. The highest BCUT2D eigenvalue weighted by Crippen LogP contribution is 2.45. The lowest BCUT2D eigenvalue weighted by atomic mass is 9.93. The molecule has 30 unspecified atom stereocenters. The second-order valence-corrected chi connectivity index (χ2v) is 31.8. The molecule has 12 bridgehead atoms. The lowest BCUT2D eigenvalue weighted by Gasteiger charge is -2.52. The Morgan fingerprint density at radius 1 is 0.138 bits per heavy atom. The number of carbonyl (C=O) groups is 18. The summed E-state index contributed by atoms with van der Waals surface area (Å²) in [7, 11) is 0. The first-order chi connectivity index (χ1) is 66.0. The number of esters is 18. The Hall–Kier alpha value is -10.0. The summed E-state index contributed by atoms with van der Waals surface area (Å²) in [5.41, 5.74) is 0. The first-order valence-electron chi connectivity index (χ1n) is 47.1. The van der Waals surface area contributed by atoms with E-state index in [0.29, 0.717) is 0 Å². The van der Waals surface area contributed by atoms with Gasteiger partial charge in [-0.25, -0.2) is 0 Å². The van der Waals surface area contributed by atoms with Gasteiger partial charge in [-0.1, -0.05) is 125 Å². The van der Waals surface area contributed by atoms with Gasteiger partial charge in [-0.2, -0.15) is 0 Å². The Labute approximate surface area is 796 Å². The number of carbonyl (C=O) groups excluding carboxylic acids is 18. The average molecular weight is 1980 g/mol. The van der Waals surface area contributed by atoms with E-state index < -0.39 is 408 Å². The number of hydrogen-bond acceptors (Lipinski definition) is 48. The van der Waals surface area contributed by atoms with Crippen LogP contribution >= 0.6 is 0 Å². The van der Waals surface area contributed by atoms with Gasteiger partial charge in [0.1, 0.15) is 113 Å². The van der Waals surface area contributed by atoms with Crippen LogP contribution in [0.3, 0.4) is 0 Å². The van der Waals surface area contributed by atoms with E-state index in [1.54, 1.807) is 0 Å². The van der Waals surface area contributed by atoms with Gasteiger partial charge >= 0.3 is 107 Å². The van der Waals surface area contributed by atoms with Crippen molar-refractivity contribution in [3.05, 3.63) is 0 Å². The van der Waals surface area contributed by atoms with Crippen LogP contribution in [-0.2, 0) is 228 Å². The summed E-state index contributed by atoms with van der Waals surface area (Å²) in [6, 6.07) is 0. The van der Waals surface area contributed by atoms with E-state index >= 15 is 0 Å². The van der Waals surface area contributed by atoms with E-state index in [1.165, 1.54) is 125 Å². The molecular weight excluding hydrogens is 1850 g/mol. The molecular formula is C90H132O48. The predicted octanol–water partition coefficient (Wildman–Crippen LogP) is 4.24. The van der Waals surface area contributed by atoms with Gasteiger partial charge in [-0.3, -0.25) is 86.3 Å². The minimum Gasteiger partial charge on any atom is -0.463 e. The molecule has 30 atom stereocenters. The summed E-state index contributed by atoms with van der Waals surface area (Å²) in [5, 5.41) is 0.